The Morgan fingerprint density at radius 2 is 1.70 bits per heavy atom. The first-order valence-electron chi connectivity index (χ1n) is 10.2. The molecule has 1 N–H and O–H groups in total. The van der Waals surface area contributed by atoms with E-state index in [1.54, 1.807) is 35.2 Å². The number of nitrogens with one attached hydrogen (secondary N) is 1. The Morgan fingerprint density at radius 1 is 0.939 bits per heavy atom. The molecule has 5 nitrogen and oxygen atoms in total. The van der Waals surface area contributed by atoms with Crippen LogP contribution in [0.3, 0.4) is 0 Å². The van der Waals surface area contributed by atoms with Crippen molar-refractivity contribution in [2.24, 2.45) is 5.10 Å². The number of hydrogen-bond acceptors (Lipinski definition) is 3. The summed E-state index contributed by atoms with van der Waals surface area (Å²) in [6, 6.07) is 23.9. The van der Waals surface area contributed by atoms with Gasteiger partial charge in [-0.1, -0.05) is 65.7 Å². The van der Waals surface area contributed by atoms with Gasteiger partial charge < -0.3 is 4.90 Å². The molecule has 4 aromatic carbocycles. The predicted octanol–water partition coefficient (Wildman–Crippen LogP) is 6.07. The summed E-state index contributed by atoms with van der Waals surface area (Å²) in [7, 11) is 0. The zero-order valence-corrected chi connectivity index (χ0v) is 18.8. The molecule has 0 fully saturated rings. The van der Waals surface area contributed by atoms with E-state index in [9.17, 15) is 9.59 Å². The van der Waals surface area contributed by atoms with Crippen molar-refractivity contribution < 1.29 is 9.59 Å². The highest BCUT2D eigenvalue weighted by Crippen LogP contribution is 2.37. The molecule has 1 aliphatic heterocycles. The van der Waals surface area contributed by atoms with Crippen molar-refractivity contribution in [1.82, 2.24) is 5.43 Å². The van der Waals surface area contributed by atoms with Crippen LogP contribution < -0.4 is 10.3 Å². The minimum absolute atomic E-state index is 0.0136. The van der Waals surface area contributed by atoms with Crippen molar-refractivity contribution in [3.63, 3.8) is 0 Å². The number of benzene rings is 4. The molecule has 162 valence electrons. The minimum atomic E-state index is -0.340. The van der Waals surface area contributed by atoms with E-state index < -0.39 is 0 Å². The number of carbonyl (C=O) groups is 2. The standard InChI is InChI=1S/C26H17Cl2N3O2/c27-21-12-9-17(13-22(21)28)14-29-30-25(32)19-10-7-16(8-11-19)15-31-23-6-2-4-18-3-1-5-20(24(18)23)26(31)33/h1-14H,15H2,(H,30,32). The first-order chi connectivity index (χ1) is 16.0. The molecule has 33 heavy (non-hydrogen) atoms. The van der Waals surface area contributed by atoms with Gasteiger partial charge in [-0.25, -0.2) is 5.43 Å². The molecule has 0 unspecified atom stereocenters. The normalized spacial score (nSPS) is 12.7. The van der Waals surface area contributed by atoms with Crippen LogP contribution in [0.4, 0.5) is 5.69 Å². The van der Waals surface area contributed by atoms with Gasteiger partial charge in [0.15, 0.2) is 0 Å². The lowest BCUT2D eigenvalue weighted by Crippen LogP contribution is -2.26. The van der Waals surface area contributed by atoms with Crippen LogP contribution >= 0.6 is 23.2 Å². The maximum absolute atomic E-state index is 13.0. The third-order valence-corrected chi connectivity index (χ3v) is 6.27. The van der Waals surface area contributed by atoms with Gasteiger partial charge in [-0.05, 0) is 52.9 Å². The molecule has 4 aromatic rings. The van der Waals surface area contributed by atoms with Crippen LogP contribution in [0.15, 0.2) is 84.0 Å². The summed E-state index contributed by atoms with van der Waals surface area (Å²) >= 11 is 11.9. The largest absolute Gasteiger partial charge is 0.303 e. The third kappa shape index (κ3) is 4.09. The van der Waals surface area contributed by atoms with Crippen molar-refractivity contribution >= 4 is 57.7 Å². The molecule has 0 saturated heterocycles. The third-order valence-electron chi connectivity index (χ3n) is 5.53. The van der Waals surface area contributed by atoms with Crippen LogP contribution in [0.1, 0.15) is 31.8 Å². The van der Waals surface area contributed by atoms with E-state index in [-0.39, 0.29) is 11.8 Å². The van der Waals surface area contributed by atoms with Crippen molar-refractivity contribution in [3.05, 3.63) is 111 Å². The topological polar surface area (TPSA) is 61.8 Å². The van der Waals surface area contributed by atoms with Crippen LogP contribution in [-0.4, -0.2) is 18.0 Å². The molecular formula is C26H17Cl2N3O2. The second-order valence-corrected chi connectivity index (χ2v) is 8.46. The highest BCUT2D eigenvalue weighted by atomic mass is 35.5. The highest BCUT2D eigenvalue weighted by Gasteiger charge is 2.29. The molecule has 0 aromatic heterocycles. The molecule has 0 bridgehead atoms. The molecule has 5 rings (SSSR count). The van der Waals surface area contributed by atoms with Gasteiger partial charge in [0.25, 0.3) is 11.8 Å². The summed E-state index contributed by atoms with van der Waals surface area (Å²) in [5.41, 5.74) is 6.22. The van der Waals surface area contributed by atoms with Gasteiger partial charge in [-0.3, -0.25) is 9.59 Å². The Labute approximate surface area is 200 Å². The Kier molecular flexibility index (Phi) is 5.58. The van der Waals surface area contributed by atoms with Gasteiger partial charge >= 0.3 is 0 Å². The molecule has 0 radical (unpaired) electrons. The van der Waals surface area contributed by atoms with Gasteiger partial charge in [0.05, 0.1) is 28.5 Å². The Balaban J connectivity index is 1.27. The number of amides is 2. The van der Waals surface area contributed by atoms with E-state index >= 15 is 0 Å². The lowest BCUT2D eigenvalue weighted by atomic mass is 10.1. The van der Waals surface area contributed by atoms with Crippen LogP contribution in [0, 0.1) is 0 Å². The first kappa shape index (κ1) is 21.2. The average molecular weight is 474 g/mol. The fraction of sp³-hybridized carbons (Fsp3) is 0.0385. The number of rotatable bonds is 5. The summed E-state index contributed by atoms with van der Waals surface area (Å²) in [6.07, 6.45) is 1.49. The zero-order chi connectivity index (χ0) is 22.9. The van der Waals surface area contributed by atoms with E-state index in [2.05, 4.69) is 10.5 Å². The zero-order valence-electron chi connectivity index (χ0n) is 17.3. The predicted molar refractivity (Wildman–Crippen MR) is 132 cm³/mol. The molecule has 0 spiro atoms. The number of nitrogens with zero attached hydrogens (tertiary/aromatic N) is 2. The summed E-state index contributed by atoms with van der Waals surface area (Å²) < 4.78 is 0. The molecule has 0 saturated carbocycles. The first-order valence-corrected chi connectivity index (χ1v) is 11.0. The summed E-state index contributed by atoms with van der Waals surface area (Å²) in [5, 5.41) is 6.88. The average Bonchev–Trinajstić information content (AvgIpc) is 3.10. The van der Waals surface area contributed by atoms with Crippen molar-refractivity contribution in [2.45, 2.75) is 6.54 Å². The molecule has 0 aliphatic carbocycles. The SMILES string of the molecule is O=C(NN=Cc1ccc(Cl)c(Cl)c1)c1ccc(CN2C(=O)c3cccc4cccc2c34)cc1. The van der Waals surface area contributed by atoms with E-state index in [1.165, 1.54) is 6.21 Å². The maximum Gasteiger partial charge on any atom is 0.271 e. The molecule has 2 amide bonds. The minimum Gasteiger partial charge on any atom is -0.303 e. The smallest absolute Gasteiger partial charge is 0.271 e. The van der Waals surface area contributed by atoms with Gasteiger partial charge in [-0.15, -0.1) is 0 Å². The molecule has 7 heteroatoms. The van der Waals surface area contributed by atoms with Crippen molar-refractivity contribution in [1.29, 1.82) is 0 Å². The number of carbonyl (C=O) groups excluding carboxylic acids is 2. The van der Waals surface area contributed by atoms with Gasteiger partial charge in [0, 0.05) is 16.5 Å². The second kappa shape index (κ2) is 8.70. The lowest BCUT2D eigenvalue weighted by Gasteiger charge is -2.18. The van der Waals surface area contributed by atoms with E-state index in [0.717, 1.165) is 27.6 Å². The van der Waals surface area contributed by atoms with E-state index in [4.69, 9.17) is 23.2 Å². The van der Waals surface area contributed by atoms with Gasteiger partial charge in [0.2, 0.25) is 0 Å². The van der Waals surface area contributed by atoms with Crippen LogP contribution in [-0.2, 0) is 6.54 Å². The summed E-state index contributed by atoms with van der Waals surface area (Å²) in [6.45, 7) is 0.421. The van der Waals surface area contributed by atoms with Crippen LogP contribution in [0.5, 0.6) is 0 Å². The Hall–Kier alpha value is -3.67. The van der Waals surface area contributed by atoms with Gasteiger partial charge in [0.1, 0.15) is 0 Å². The van der Waals surface area contributed by atoms with Crippen LogP contribution in [0.25, 0.3) is 10.8 Å². The van der Waals surface area contributed by atoms with Crippen LogP contribution in [0.2, 0.25) is 10.0 Å². The monoisotopic (exact) mass is 473 g/mol. The second-order valence-electron chi connectivity index (χ2n) is 7.64. The van der Waals surface area contributed by atoms with Crippen molar-refractivity contribution in [2.75, 3.05) is 4.90 Å². The molecule has 0 atom stereocenters. The molecular weight excluding hydrogens is 457 g/mol. The number of hydrogen-bond donors (Lipinski definition) is 1. The number of hydrazone groups is 1. The van der Waals surface area contributed by atoms with Gasteiger partial charge in [-0.2, -0.15) is 5.10 Å². The lowest BCUT2D eigenvalue weighted by molar-refractivity contribution is 0.0953. The summed E-state index contributed by atoms with van der Waals surface area (Å²) in [4.78, 5) is 27.1. The Bertz CT molecular complexity index is 1430. The Morgan fingerprint density at radius 3 is 2.45 bits per heavy atom. The quantitative estimate of drug-likeness (QED) is 0.282. The highest BCUT2D eigenvalue weighted by molar-refractivity contribution is 6.42. The fourth-order valence-corrected chi connectivity index (χ4v) is 4.21. The van der Waals surface area contributed by atoms with E-state index in [1.807, 2.05) is 48.5 Å². The number of halogens is 2. The summed E-state index contributed by atoms with van der Waals surface area (Å²) in [5.74, 6) is -0.354. The molecule has 1 heterocycles. The van der Waals surface area contributed by atoms with E-state index in [0.29, 0.717) is 27.7 Å². The maximum atomic E-state index is 13.0. The number of anilines is 1. The molecule has 1 aliphatic rings. The van der Waals surface area contributed by atoms with Crippen molar-refractivity contribution in [3.8, 4) is 0 Å². The fourth-order valence-electron chi connectivity index (χ4n) is 3.90.